The Kier molecular flexibility index (Phi) is 7.27. The highest BCUT2D eigenvalue weighted by atomic mass is 16.4. The molecule has 0 spiro atoms. The van der Waals surface area contributed by atoms with Gasteiger partial charge >= 0.3 is 5.97 Å². The third-order valence-corrected chi connectivity index (χ3v) is 2.60. The van der Waals surface area contributed by atoms with E-state index in [2.05, 4.69) is 10.6 Å². The van der Waals surface area contributed by atoms with Crippen LogP contribution in [0.4, 0.5) is 0 Å². The van der Waals surface area contributed by atoms with Gasteiger partial charge in [0, 0.05) is 13.3 Å². The van der Waals surface area contributed by atoms with Gasteiger partial charge in [0.15, 0.2) is 0 Å². The Labute approximate surface area is 117 Å². The normalized spacial score (nSPS) is 13.4. The van der Waals surface area contributed by atoms with Crippen LogP contribution in [0.1, 0.15) is 33.6 Å². The van der Waals surface area contributed by atoms with Gasteiger partial charge in [-0.05, 0) is 12.3 Å². The molecular weight excluding hydrogens is 266 g/mol. The van der Waals surface area contributed by atoms with Crippen molar-refractivity contribution in [1.82, 2.24) is 10.6 Å². The van der Waals surface area contributed by atoms with Crippen molar-refractivity contribution in [2.75, 3.05) is 0 Å². The maximum Gasteiger partial charge on any atom is 0.326 e. The Morgan fingerprint density at radius 2 is 1.70 bits per heavy atom. The van der Waals surface area contributed by atoms with E-state index in [0.29, 0.717) is 0 Å². The van der Waals surface area contributed by atoms with Crippen molar-refractivity contribution < 1.29 is 24.3 Å². The van der Waals surface area contributed by atoms with Crippen LogP contribution in [0.25, 0.3) is 0 Å². The molecule has 8 nitrogen and oxygen atoms in total. The topological polar surface area (TPSA) is 139 Å². The van der Waals surface area contributed by atoms with E-state index in [1.165, 1.54) is 6.92 Å². The van der Waals surface area contributed by atoms with Crippen LogP contribution >= 0.6 is 0 Å². The van der Waals surface area contributed by atoms with Crippen molar-refractivity contribution in [3.8, 4) is 0 Å². The summed E-state index contributed by atoms with van der Waals surface area (Å²) in [6.45, 7) is 4.71. The maximum atomic E-state index is 12.0. The van der Waals surface area contributed by atoms with Crippen LogP contribution in [0.2, 0.25) is 0 Å². The number of carbonyl (C=O) groups excluding carboxylic acids is 3. The molecule has 2 unspecified atom stereocenters. The zero-order chi connectivity index (χ0) is 15.9. The maximum absolute atomic E-state index is 12.0. The second-order valence-electron chi connectivity index (χ2n) is 4.83. The van der Waals surface area contributed by atoms with E-state index < -0.39 is 29.9 Å². The van der Waals surface area contributed by atoms with E-state index in [0.717, 1.165) is 0 Å². The van der Waals surface area contributed by atoms with E-state index in [-0.39, 0.29) is 24.7 Å². The molecule has 0 rings (SSSR count). The van der Waals surface area contributed by atoms with E-state index in [4.69, 9.17) is 10.8 Å². The van der Waals surface area contributed by atoms with E-state index in [1.54, 1.807) is 13.8 Å². The number of rotatable bonds is 8. The zero-order valence-corrected chi connectivity index (χ0v) is 11.8. The number of primary amides is 1. The first-order valence-corrected chi connectivity index (χ1v) is 6.23. The van der Waals surface area contributed by atoms with Crippen LogP contribution in [0.3, 0.4) is 0 Å². The van der Waals surface area contributed by atoms with Crippen LogP contribution in [-0.4, -0.2) is 40.9 Å². The predicted molar refractivity (Wildman–Crippen MR) is 70.4 cm³/mol. The zero-order valence-electron chi connectivity index (χ0n) is 11.8. The van der Waals surface area contributed by atoms with E-state index >= 15 is 0 Å². The van der Waals surface area contributed by atoms with Crippen molar-refractivity contribution in [3.05, 3.63) is 0 Å². The molecule has 0 aromatic carbocycles. The largest absolute Gasteiger partial charge is 0.480 e. The monoisotopic (exact) mass is 287 g/mol. The third kappa shape index (κ3) is 6.72. The molecule has 0 heterocycles. The lowest BCUT2D eigenvalue weighted by atomic mass is 10.0. The molecule has 0 radical (unpaired) electrons. The SMILES string of the molecule is CC(=O)NC(C(=O)NC(CCC(N)=O)C(=O)O)C(C)C. The molecule has 114 valence electrons. The number of nitrogens with two attached hydrogens (primary N) is 1. The summed E-state index contributed by atoms with van der Waals surface area (Å²) >= 11 is 0. The lowest BCUT2D eigenvalue weighted by Gasteiger charge is -2.23. The number of hydrogen-bond acceptors (Lipinski definition) is 4. The summed E-state index contributed by atoms with van der Waals surface area (Å²) in [6, 6.07) is -2.05. The van der Waals surface area contributed by atoms with Crippen molar-refractivity contribution in [2.24, 2.45) is 11.7 Å². The van der Waals surface area contributed by atoms with Gasteiger partial charge in [-0.2, -0.15) is 0 Å². The van der Waals surface area contributed by atoms with Gasteiger partial charge in [0.1, 0.15) is 12.1 Å². The minimum Gasteiger partial charge on any atom is -0.480 e. The summed E-state index contributed by atoms with van der Waals surface area (Å²) in [5, 5.41) is 13.7. The van der Waals surface area contributed by atoms with Crippen molar-refractivity contribution in [2.45, 2.75) is 45.7 Å². The van der Waals surface area contributed by atoms with Crippen LogP contribution in [-0.2, 0) is 19.2 Å². The lowest BCUT2D eigenvalue weighted by Crippen LogP contribution is -2.53. The molecule has 8 heteroatoms. The summed E-state index contributed by atoms with van der Waals surface area (Å²) in [5.41, 5.74) is 4.94. The molecule has 0 aliphatic heterocycles. The molecule has 20 heavy (non-hydrogen) atoms. The van der Waals surface area contributed by atoms with Gasteiger partial charge in [0.2, 0.25) is 17.7 Å². The first-order valence-electron chi connectivity index (χ1n) is 6.23. The molecule has 5 N–H and O–H groups in total. The Hall–Kier alpha value is -2.12. The van der Waals surface area contributed by atoms with Gasteiger partial charge in [-0.15, -0.1) is 0 Å². The van der Waals surface area contributed by atoms with Gasteiger partial charge in [0.05, 0.1) is 0 Å². The second-order valence-corrected chi connectivity index (χ2v) is 4.83. The standard InChI is InChI=1S/C12H21N3O5/c1-6(2)10(14-7(3)16)11(18)15-8(12(19)20)4-5-9(13)17/h6,8,10H,4-5H2,1-3H3,(H2,13,17)(H,14,16)(H,15,18)(H,19,20). The van der Waals surface area contributed by atoms with Gasteiger partial charge in [-0.25, -0.2) is 4.79 Å². The van der Waals surface area contributed by atoms with Crippen LogP contribution < -0.4 is 16.4 Å². The summed E-state index contributed by atoms with van der Waals surface area (Å²) in [6.07, 6.45) is -0.245. The van der Waals surface area contributed by atoms with Crippen LogP contribution in [0.5, 0.6) is 0 Å². The summed E-state index contributed by atoms with van der Waals surface area (Å²) in [7, 11) is 0. The molecule has 0 aliphatic carbocycles. The number of nitrogens with one attached hydrogen (secondary N) is 2. The Morgan fingerprint density at radius 3 is 2.05 bits per heavy atom. The highest BCUT2D eigenvalue weighted by molar-refractivity contribution is 5.90. The fraction of sp³-hybridized carbons (Fsp3) is 0.667. The average Bonchev–Trinajstić information content (AvgIpc) is 2.29. The molecule has 0 saturated carbocycles. The van der Waals surface area contributed by atoms with Gasteiger partial charge < -0.3 is 21.5 Å². The first kappa shape index (κ1) is 17.9. The van der Waals surface area contributed by atoms with Crippen molar-refractivity contribution in [3.63, 3.8) is 0 Å². The Morgan fingerprint density at radius 1 is 1.15 bits per heavy atom. The molecule has 0 saturated heterocycles. The van der Waals surface area contributed by atoms with Gasteiger partial charge in [0.25, 0.3) is 0 Å². The quantitative estimate of drug-likeness (QED) is 0.452. The number of aliphatic carboxylic acids is 1. The van der Waals surface area contributed by atoms with Gasteiger partial charge in [-0.3, -0.25) is 14.4 Å². The average molecular weight is 287 g/mol. The highest BCUT2D eigenvalue weighted by Gasteiger charge is 2.27. The number of carbonyl (C=O) groups is 4. The molecular formula is C12H21N3O5. The van der Waals surface area contributed by atoms with E-state index in [9.17, 15) is 19.2 Å². The predicted octanol–water partition coefficient (Wildman–Crippen LogP) is -1.02. The summed E-state index contributed by atoms with van der Waals surface area (Å²) in [5.74, 6) is -3.10. The smallest absolute Gasteiger partial charge is 0.326 e. The fourth-order valence-electron chi connectivity index (χ4n) is 1.56. The highest BCUT2D eigenvalue weighted by Crippen LogP contribution is 2.04. The summed E-state index contributed by atoms with van der Waals surface area (Å²) in [4.78, 5) is 44.7. The fourth-order valence-corrected chi connectivity index (χ4v) is 1.56. The number of carboxylic acids is 1. The van der Waals surface area contributed by atoms with E-state index in [1.807, 2.05) is 0 Å². The molecule has 0 fully saturated rings. The molecule has 2 atom stereocenters. The molecule has 3 amide bonds. The number of carboxylic acid groups (broad SMARTS) is 1. The molecule has 0 aromatic heterocycles. The number of hydrogen-bond donors (Lipinski definition) is 4. The minimum absolute atomic E-state index is 0.0959. The first-order chi connectivity index (χ1) is 9.15. The van der Waals surface area contributed by atoms with Crippen molar-refractivity contribution in [1.29, 1.82) is 0 Å². The Bertz CT molecular complexity index is 395. The van der Waals surface area contributed by atoms with Crippen LogP contribution in [0, 0.1) is 5.92 Å². The third-order valence-electron chi connectivity index (χ3n) is 2.60. The lowest BCUT2D eigenvalue weighted by molar-refractivity contribution is -0.142. The van der Waals surface area contributed by atoms with Crippen molar-refractivity contribution >= 4 is 23.7 Å². The Balaban J connectivity index is 4.74. The van der Waals surface area contributed by atoms with Gasteiger partial charge in [-0.1, -0.05) is 13.8 Å². The second kappa shape index (κ2) is 8.13. The number of amides is 3. The van der Waals surface area contributed by atoms with Crippen LogP contribution in [0.15, 0.2) is 0 Å². The molecule has 0 aromatic rings. The molecule has 0 aliphatic rings. The summed E-state index contributed by atoms with van der Waals surface area (Å²) < 4.78 is 0. The minimum atomic E-state index is -1.26. The molecule has 0 bridgehead atoms.